The van der Waals surface area contributed by atoms with Gasteiger partial charge in [-0.25, -0.2) is 27.4 Å². The van der Waals surface area contributed by atoms with Crippen LogP contribution >= 0.6 is 0 Å². The van der Waals surface area contributed by atoms with E-state index in [1.54, 1.807) is 6.07 Å². The van der Waals surface area contributed by atoms with Crippen molar-refractivity contribution in [1.82, 2.24) is 29.2 Å². The summed E-state index contributed by atoms with van der Waals surface area (Å²) in [6, 6.07) is 8.68. The predicted molar refractivity (Wildman–Crippen MR) is 125 cm³/mol. The number of aromatic amines is 2. The van der Waals surface area contributed by atoms with E-state index in [0.29, 0.717) is 16.6 Å². The molecule has 0 aliphatic carbocycles. The lowest BCUT2D eigenvalue weighted by atomic mass is 10.2. The number of carbonyl (C=O) groups is 2. The van der Waals surface area contributed by atoms with Gasteiger partial charge in [-0.15, -0.1) is 0 Å². The van der Waals surface area contributed by atoms with E-state index in [1.165, 1.54) is 42.0 Å². The van der Waals surface area contributed by atoms with E-state index in [0.717, 1.165) is 16.9 Å². The molecule has 3 N–H and O–H groups in total. The number of nitrogens with zero attached hydrogens (tertiary/aromatic N) is 4. The summed E-state index contributed by atoms with van der Waals surface area (Å²) in [5, 5.41) is 16.4. The van der Waals surface area contributed by atoms with Gasteiger partial charge in [0.25, 0.3) is 11.1 Å². The molecule has 37 heavy (non-hydrogen) atoms. The van der Waals surface area contributed by atoms with E-state index in [-0.39, 0.29) is 27.7 Å². The Morgan fingerprint density at radius 1 is 0.838 bits per heavy atom. The number of aromatic carboxylic acids is 1. The van der Waals surface area contributed by atoms with Gasteiger partial charge in [0.05, 0.1) is 52.7 Å². The third-order valence-corrected chi connectivity index (χ3v) is 5.49. The zero-order chi connectivity index (χ0) is 26.4. The lowest BCUT2D eigenvalue weighted by Crippen LogP contribution is -2.12. The van der Waals surface area contributed by atoms with Crippen LogP contribution in [-0.4, -0.2) is 53.4 Å². The maximum Gasteiger partial charge on any atom is 0.337 e. The maximum atomic E-state index is 13.4. The number of aromatic nitrogens is 6. The minimum atomic E-state index is -1.11. The number of esters is 1. The standard InChI is InChI=1S/C12H8FN3O3.C11H6FN3O3/c1-19-12(18)6-2-3-9-8(4-6)15-11(17)10-7(13)5-14-16(9)10;12-6-4-13-15-8-2-1-5(11(17)18)3-7(8)14-10(16)9(6)15/h2-5H,1H3,(H,15,17);1-4H,(H,14,16)(H,17,18). The summed E-state index contributed by atoms with van der Waals surface area (Å²) >= 11 is 0. The fourth-order valence-electron chi connectivity index (χ4n) is 3.81. The van der Waals surface area contributed by atoms with Crippen molar-refractivity contribution in [3.8, 4) is 0 Å². The lowest BCUT2D eigenvalue weighted by molar-refractivity contribution is 0.0600. The molecule has 0 unspecified atom stereocenters. The van der Waals surface area contributed by atoms with Crippen LogP contribution in [0.15, 0.2) is 58.4 Å². The molecular weight excluding hydrogens is 494 g/mol. The molecule has 0 atom stereocenters. The first kappa shape index (κ1) is 23.3. The molecule has 6 rings (SSSR count). The first-order valence-corrected chi connectivity index (χ1v) is 10.4. The molecule has 0 spiro atoms. The first-order valence-electron chi connectivity index (χ1n) is 10.4. The highest BCUT2D eigenvalue weighted by Gasteiger charge is 2.14. The second kappa shape index (κ2) is 8.67. The minimum absolute atomic E-state index is 0.0325. The zero-order valence-corrected chi connectivity index (χ0v) is 18.7. The van der Waals surface area contributed by atoms with Crippen molar-refractivity contribution in [2.75, 3.05) is 7.11 Å². The molecule has 0 fully saturated rings. The maximum absolute atomic E-state index is 13.4. The molecule has 4 heterocycles. The minimum Gasteiger partial charge on any atom is -0.478 e. The Hall–Kier alpha value is -5.40. The highest BCUT2D eigenvalue weighted by atomic mass is 19.1. The Kier molecular flexibility index (Phi) is 5.47. The zero-order valence-electron chi connectivity index (χ0n) is 18.7. The van der Waals surface area contributed by atoms with Gasteiger partial charge in [0.1, 0.15) is 0 Å². The average molecular weight is 508 g/mol. The van der Waals surface area contributed by atoms with Gasteiger partial charge >= 0.3 is 11.9 Å². The summed E-state index contributed by atoms with van der Waals surface area (Å²) in [7, 11) is 1.27. The predicted octanol–water partition coefficient (Wildman–Crippen LogP) is 2.11. The molecule has 0 amide bonds. The smallest absolute Gasteiger partial charge is 0.337 e. The third kappa shape index (κ3) is 3.85. The van der Waals surface area contributed by atoms with Gasteiger partial charge in [0, 0.05) is 0 Å². The number of hydrogen-bond donors (Lipinski definition) is 3. The van der Waals surface area contributed by atoms with Crippen molar-refractivity contribution in [3.63, 3.8) is 0 Å². The molecule has 0 radical (unpaired) electrons. The molecule has 0 saturated heterocycles. The number of ether oxygens (including phenoxy) is 1. The van der Waals surface area contributed by atoms with Crippen LogP contribution in [0.4, 0.5) is 8.78 Å². The van der Waals surface area contributed by atoms with Crippen LogP contribution in [-0.2, 0) is 4.74 Å². The SMILES string of the molecule is COC(=O)c1ccc2c(c1)[nH]c(=O)c1c(F)cnn12.O=C(O)c1ccc2c(c1)[nH]c(=O)c1c(F)cnn12. The number of benzene rings is 2. The third-order valence-electron chi connectivity index (χ3n) is 5.49. The molecule has 2 aromatic carbocycles. The molecule has 14 heteroatoms. The Labute approximate surface area is 202 Å². The molecule has 0 bridgehead atoms. The Balaban J connectivity index is 0.000000152. The van der Waals surface area contributed by atoms with Crippen molar-refractivity contribution in [2.45, 2.75) is 0 Å². The molecule has 12 nitrogen and oxygen atoms in total. The van der Waals surface area contributed by atoms with Gasteiger partial charge in [-0.05, 0) is 36.4 Å². The summed E-state index contributed by atoms with van der Waals surface area (Å²) in [4.78, 5) is 50.6. The number of methoxy groups -OCH3 is 1. The van der Waals surface area contributed by atoms with Crippen LogP contribution in [0.1, 0.15) is 20.7 Å². The van der Waals surface area contributed by atoms with Gasteiger partial charge in [0.2, 0.25) is 0 Å². The largest absolute Gasteiger partial charge is 0.478 e. The highest BCUT2D eigenvalue weighted by molar-refractivity contribution is 5.94. The highest BCUT2D eigenvalue weighted by Crippen LogP contribution is 2.17. The van der Waals surface area contributed by atoms with Crippen LogP contribution in [0.3, 0.4) is 0 Å². The number of carboxylic acid groups (broad SMARTS) is 1. The van der Waals surface area contributed by atoms with E-state index in [4.69, 9.17) is 5.11 Å². The number of rotatable bonds is 2. The van der Waals surface area contributed by atoms with Gasteiger partial charge in [-0.3, -0.25) is 9.59 Å². The van der Waals surface area contributed by atoms with Crippen LogP contribution in [0, 0.1) is 11.6 Å². The van der Waals surface area contributed by atoms with E-state index < -0.39 is 34.7 Å². The van der Waals surface area contributed by atoms with Crippen molar-refractivity contribution < 1.29 is 28.2 Å². The monoisotopic (exact) mass is 508 g/mol. The Morgan fingerprint density at radius 2 is 1.30 bits per heavy atom. The normalized spacial score (nSPS) is 11.1. The van der Waals surface area contributed by atoms with Crippen molar-refractivity contribution >= 4 is 45.0 Å². The molecule has 6 aromatic rings. The Morgan fingerprint density at radius 3 is 1.76 bits per heavy atom. The molecule has 186 valence electrons. The van der Waals surface area contributed by atoms with Gasteiger partial charge in [-0.2, -0.15) is 10.2 Å². The quantitative estimate of drug-likeness (QED) is 0.299. The van der Waals surface area contributed by atoms with E-state index in [9.17, 15) is 28.0 Å². The van der Waals surface area contributed by atoms with Gasteiger partial charge < -0.3 is 19.8 Å². The topological polar surface area (TPSA) is 164 Å². The van der Waals surface area contributed by atoms with Crippen LogP contribution in [0.5, 0.6) is 0 Å². The van der Waals surface area contributed by atoms with Crippen LogP contribution in [0.25, 0.3) is 33.1 Å². The first-order chi connectivity index (χ1) is 17.7. The summed E-state index contributed by atoms with van der Waals surface area (Å²) in [5.41, 5.74) is 0.305. The number of carbonyl (C=O) groups excluding carboxylic acids is 1. The number of nitrogens with one attached hydrogen (secondary N) is 2. The number of carboxylic acids is 1. The second-order valence-electron chi connectivity index (χ2n) is 7.67. The molecule has 0 aliphatic heterocycles. The van der Waals surface area contributed by atoms with E-state index in [2.05, 4.69) is 24.9 Å². The fourth-order valence-corrected chi connectivity index (χ4v) is 3.81. The lowest BCUT2D eigenvalue weighted by Gasteiger charge is -2.03. The fraction of sp³-hybridized carbons (Fsp3) is 0.0435. The van der Waals surface area contributed by atoms with Gasteiger partial charge in [0.15, 0.2) is 22.7 Å². The molecule has 4 aromatic heterocycles. The molecule has 0 saturated carbocycles. The van der Waals surface area contributed by atoms with Crippen molar-refractivity contribution in [1.29, 1.82) is 0 Å². The summed E-state index contributed by atoms with van der Waals surface area (Å²) in [6.07, 6.45) is 1.91. The molecule has 0 aliphatic rings. The summed E-state index contributed by atoms with van der Waals surface area (Å²) in [5.74, 6) is -3.04. The Bertz CT molecular complexity index is 2000. The van der Waals surface area contributed by atoms with Crippen LogP contribution < -0.4 is 11.1 Å². The number of hydrogen-bond acceptors (Lipinski definition) is 7. The van der Waals surface area contributed by atoms with Gasteiger partial charge in [-0.1, -0.05) is 0 Å². The number of fused-ring (bicyclic) bond motifs is 6. The van der Waals surface area contributed by atoms with Crippen molar-refractivity contribution in [2.24, 2.45) is 0 Å². The van der Waals surface area contributed by atoms with Crippen LogP contribution in [0.2, 0.25) is 0 Å². The number of H-pyrrole nitrogens is 2. The van der Waals surface area contributed by atoms with E-state index in [1.807, 2.05) is 0 Å². The number of halogens is 2. The van der Waals surface area contributed by atoms with Crippen molar-refractivity contribution in [3.05, 3.63) is 92.3 Å². The molecular formula is C23H14F2N6O6. The second-order valence-corrected chi connectivity index (χ2v) is 7.67. The average Bonchev–Trinajstić information content (AvgIpc) is 3.47. The summed E-state index contributed by atoms with van der Waals surface area (Å²) < 4.78 is 33.7. The summed E-state index contributed by atoms with van der Waals surface area (Å²) in [6.45, 7) is 0. The van der Waals surface area contributed by atoms with E-state index >= 15 is 0 Å².